The van der Waals surface area contributed by atoms with Crippen LogP contribution < -0.4 is 16.6 Å². The Kier molecular flexibility index (Phi) is 5.11. The molecule has 0 bridgehead atoms. The molecule has 142 valence electrons. The Bertz CT molecular complexity index is 1180. The number of rotatable bonds is 4. The molecule has 1 amide bonds. The van der Waals surface area contributed by atoms with E-state index in [0.717, 1.165) is 22.4 Å². The van der Waals surface area contributed by atoms with Crippen molar-refractivity contribution in [3.05, 3.63) is 49.9 Å². The van der Waals surface area contributed by atoms with E-state index in [9.17, 15) is 18.8 Å². The zero-order valence-corrected chi connectivity index (χ0v) is 16.2. The molecule has 0 saturated heterocycles. The molecule has 0 aliphatic carbocycles. The normalized spacial score (nSPS) is 11.1. The summed E-state index contributed by atoms with van der Waals surface area (Å²) in [5, 5.41) is 2.93. The first kappa shape index (κ1) is 19.2. The van der Waals surface area contributed by atoms with Gasteiger partial charge in [0.2, 0.25) is 5.91 Å². The molecule has 0 atom stereocenters. The lowest BCUT2D eigenvalue weighted by molar-refractivity contribution is -0.113. The number of hydrogen-bond acceptors (Lipinski definition) is 5. The number of aryl methyl sites for hydroxylation is 2. The second kappa shape index (κ2) is 7.20. The minimum absolute atomic E-state index is 0.000416. The van der Waals surface area contributed by atoms with E-state index in [-0.39, 0.29) is 22.2 Å². The van der Waals surface area contributed by atoms with Gasteiger partial charge in [0.05, 0.1) is 10.8 Å². The third-order valence-corrected chi connectivity index (χ3v) is 5.28. The van der Waals surface area contributed by atoms with E-state index in [2.05, 4.69) is 10.3 Å². The SMILES string of the molecule is Cn1c(=O)c2nc(SCC(=O)Nc3ccc(F)c(Cl)c3)n(C)c2n(C)c1=O. The van der Waals surface area contributed by atoms with Gasteiger partial charge in [0, 0.05) is 26.8 Å². The first-order chi connectivity index (χ1) is 12.7. The summed E-state index contributed by atoms with van der Waals surface area (Å²) in [5.41, 5.74) is -0.0705. The van der Waals surface area contributed by atoms with Crippen molar-refractivity contribution < 1.29 is 9.18 Å². The number of anilines is 1. The standard InChI is InChI=1S/C16H15ClFN5O3S/c1-21-13-12(14(25)23(3)16(26)22(13)2)20-15(21)27-7-11(24)19-8-4-5-10(18)9(17)6-8/h4-6H,7H2,1-3H3,(H,19,24). The van der Waals surface area contributed by atoms with Gasteiger partial charge in [-0.1, -0.05) is 23.4 Å². The molecule has 0 saturated carbocycles. The van der Waals surface area contributed by atoms with Crippen LogP contribution in [0.4, 0.5) is 10.1 Å². The molecule has 0 spiro atoms. The Labute approximate surface area is 161 Å². The van der Waals surface area contributed by atoms with Gasteiger partial charge < -0.3 is 9.88 Å². The van der Waals surface area contributed by atoms with E-state index in [1.54, 1.807) is 18.7 Å². The van der Waals surface area contributed by atoms with Gasteiger partial charge in [-0.2, -0.15) is 0 Å². The number of carbonyl (C=O) groups excluding carboxylic acids is 1. The van der Waals surface area contributed by atoms with Crippen LogP contribution in [0.1, 0.15) is 0 Å². The molecule has 0 aliphatic rings. The van der Waals surface area contributed by atoms with Gasteiger partial charge in [-0.3, -0.25) is 18.7 Å². The first-order valence-electron chi connectivity index (χ1n) is 7.71. The van der Waals surface area contributed by atoms with Crippen molar-refractivity contribution in [1.29, 1.82) is 0 Å². The van der Waals surface area contributed by atoms with Gasteiger partial charge in [-0.15, -0.1) is 0 Å². The number of aromatic nitrogens is 4. The second-order valence-corrected chi connectivity index (χ2v) is 7.15. The number of benzene rings is 1. The highest BCUT2D eigenvalue weighted by Crippen LogP contribution is 2.22. The summed E-state index contributed by atoms with van der Waals surface area (Å²) >= 11 is 6.79. The summed E-state index contributed by atoms with van der Waals surface area (Å²) in [6.45, 7) is 0. The predicted molar refractivity (Wildman–Crippen MR) is 102 cm³/mol. The Balaban J connectivity index is 1.82. The predicted octanol–water partition coefficient (Wildman–Crippen LogP) is 1.49. The fourth-order valence-electron chi connectivity index (χ4n) is 2.59. The average Bonchev–Trinajstić information content (AvgIpc) is 2.96. The Morgan fingerprint density at radius 3 is 2.59 bits per heavy atom. The van der Waals surface area contributed by atoms with Crippen LogP contribution in [0.2, 0.25) is 5.02 Å². The summed E-state index contributed by atoms with van der Waals surface area (Å²) < 4.78 is 17.1. The molecule has 3 rings (SSSR count). The van der Waals surface area contributed by atoms with Crippen molar-refractivity contribution in [2.24, 2.45) is 21.1 Å². The maximum absolute atomic E-state index is 13.2. The molecule has 27 heavy (non-hydrogen) atoms. The van der Waals surface area contributed by atoms with Gasteiger partial charge in [0.1, 0.15) is 5.82 Å². The van der Waals surface area contributed by atoms with Gasteiger partial charge in [-0.25, -0.2) is 14.2 Å². The van der Waals surface area contributed by atoms with Crippen molar-refractivity contribution in [2.75, 3.05) is 11.1 Å². The number of fused-ring (bicyclic) bond motifs is 1. The smallest absolute Gasteiger partial charge is 0.325 e. The fourth-order valence-corrected chi connectivity index (χ4v) is 3.54. The first-order valence-corrected chi connectivity index (χ1v) is 9.07. The van der Waals surface area contributed by atoms with Crippen molar-refractivity contribution in [2.45, 2.75) is 5.16 Å². The zero-order valence-electron chi connectivity index (χ0n) is 14.6. The molecule has 3 aromatic rings. The number of hydrogen-bond donors (Lipinski definition) is 1. The fraction of sp³-hybridized carbons (Fsp3) is 0.250. The molecule has 2 aromatic heterocycles. The Morgan fingerprint density at radius 2 is 1.93 bits per heavy atom. The molecule has 8 nitrogen and oxygen atoms in total. The molecule has 1 N–H and O–H groups in total. The largest absolute Gasteiger partial charge is 0.332 e. The molecular formula is C16H15ClFN5O3S. The second-order valence-electron chi connectivity index (χ2n) is 5.80. The molecule has 0 unspecified atom stereocenters. The van der Waals surface area contributed by atoms with Crippen LogP contribution in [0.5, 0.6) is 0 Å². The van der Waals surface area contributed by atoms with Crippen LogP contribution in [0.25, 0.3) is 11.2 Å². The van der Waals surface area contributed by atoms with Gasteiger partial charge in [-0.05, 0) is 18.2 Å². The summed E-state index contributed by atoms with van der Waals surface area (Å²) in [5.74, 6) is -0.923. The molecule has 2 heterocycles. The number of carbonyl (C=O) groups is 1. The van der Waals surface area contributed by atoms with Crippen LogP contribution in [0.3, 0.4) is 0 Å². The lowest BCUT2D eigenvalue weighted by Crippen LogP contribution is -2.37. The minimum Gasteiger partial charge on any atom is -0.325 e. The van der Waals surface area contributed by atoms with Crippen molar-refractivity contribution >= 4 is 46.1 Å². The topological polar surface area (TPSA) is 90.9 Å². The Morgan fingerprint density at radius 1 is 1.22 bits per heavy atom. The monoisotopic (exact) mass is 411 g/mol. The van der Waals surface area contributed by atoms with Crippen molar-refractivity contribution in [3.8, 4) is 0 Å². The third kappa shape index (κ3) is 3.50. The highest BCUT2D eigenvalue weighted by Gasteiger charge is 2.18. The lowest BCUT2D eigenvalue weighted by Gasteiger charge is -2.07. The van der Waals surface area contributed by atoms with Crippen LogP contribution in [0, 0.1) is 5.82 Å². The summed E-state index contributed by atoms with van der Waals surface area (Å²) in [4.78, 5) is 40.7. The highest BCUT2D eigenvalue weighted by atomic mass is 35.5. The van der Waals surface area contributed by atoms with Gasteiger partial charge in [0.15, 0.2) is 16.3 Å². The number of halogens is 2. The maximum Gasteiger partial charge on any atom is 0.332 e. The molecule has 0 fully saturated rings. The van der Waals surface area contributed by atoms with Crippen molar-refractivity contribution in [1.82, 2.24) is 18.7 Å². The van der Waals surface area contributed by atoms with Crippen LogP contribution in [-0.2, 0) is 25.9 Å². The minimum atomic E-state index is -0.573. The van der Waals surface area contributed by atoms with E-state index in [1.807, 2.05) is 0 Å². The van der Waals surface area contributed by atoms with Gasteiger partial charge >= 0.3 is 5.69 Å². The van der Waals surface area contributed by atoms with E-state index in [4.69, 9.17) is 11.6 Å². The number of thioether (sulfide) groups is 1. The number of imidazole rings is 1. The lowest BCUT2D eigenvalue weighted by atomic mass is 10.3. The van der Waals surface area contributed by atoms with Crippen LogP contribution >= 0.6 is 23.4 Å². The van der Waals surface area contributed by atoms with Crippen molar-refractivity contribution in [3.63, 3.8) is 0 Å². The quantitative estimate of drug-likeness (QED) is 0.657. The van der Waals surface area contributed by atoms with E-state index in [0.29, 0.717) is 16.5 Å². The molecule has 0 radical (unpaired) electrons. The van der Waals surface area contributed by atoms with E-state index in [1.165, 1.54) is 23.7 Å². The summed E-state index contributed by atoms with van der Waals surface area (Å²) in [7, 11) is 4.59. The average molecular weight is 412 g/mol. The number of amides is 1. The number of nitrogens with one attached hydrogen (secondary N) is 1. The van der Waals surface area contributed by atoms with E-state index >= 15 is 0 Å². The van der Waals surface area contributed by atoms with Crippen LogP contribution in [-0.4, -0.2) is 30.3 Å². The van der Waals surface area contributed by atoms with Gasteiger partial charge in [0.25, 0.3) is 5.56 Å². The highest BCUT2D eigenvalue weighted by molar-refractivity contribution is 7.99. The summed E-state index contributed by atoms with van der Waals surface area (Å²) in [6, 6.07) is 3.87. The third-order valence-electron chi connectivity index (χ3n) is 3.96. The molecule has 1 aromatic carbocycles. The molecule has 0 aliphatic heterocycles. The van der Waals surface area contributed by atoms with Crippen LogP contribution in [0.15, 0.2) is 32.9 Å². The maximum atomic E-state index is 13.2. The Hall–Kier alpha value is -2.59. The molecule has 11 heteroatoms. The summed E-state index contributed by atoms with van der Waals surface area (Å²) in [6.07, 6.45) is 0. The van der Waals surface area contributed by atoms with E-state index < -0.39 is 17.1 Å². The number of nitrogens with zero attached hydrogens (tertiary/aromatic N) is 4. The zero-order chi connectivity index (χ0) is 19.9. The molecular weight excluding hydrogens is 397 g/mol.